The highest BCUT2D eigenvalue weighted by Gasteiger charge is 2.14. The molecule has 1 saturated carbocycles. The summed E-state index contributed by atoms with van der Waals surface area (Å²) in [7, 11) is 0. The van der Waals surface area contributed by atoms with Gasteiger partial charge in [-0.15, -0.1) is 0 Å². The third-order valence-electron chi connectivity index (χ3n) is 7.37. The SMILES string of the molecule is CCCCCCCCc1cnc(-c2ccc(C(=O)OCCCCCCCC3CCCC3)cc2)cn1. The van der Waals surface area contributed by atoms with E-state index in [4.69, 9.17) is 4.74 Å². The van der Waals surface area contributed by atoms with Gasteiger partial charge in [-0.1, -0.05) is 109 Å². The minimum Gasteiger partial charge on any atom is -0.462 e. The van der Waals surface area contributed by atoms with E-state index in [0.29, 0.717) is 12.2 Å². The van der Waals surface area contributed by atoms with Gasteiger partial charge in [0.05, 0.1) is 29.8 Å². The normalized spacial score (nSPS) is 13.9. The largest absolute Gasteiger partial charge is 0.462 e. The van der Waals surface area contributed by atoms with Crippen molar-refractivity contribution in [1.82, 2.24) is 9.97 Å². The van der Waals surface area contributed by atoms with E-state index in [9.17, 15) is 4.79 Å². The van der Waals surface area contributed by atoms with Crippen molar-refractivity contribution in [3.05, 3.63) is 47.9 Å². The Balaban J connectivity index is 1.29. The summed E-state index contributed by atoms with van der Waals surface area (Å²) in [5, 5.41) is 0. The van der Waals surface area contributed by atoms with Gasteiger partial charge in [0.25, 0.3) is 0 Å². The first-order valence-corrected chi connectivity index (χ1v) is 14.3. The molecule has 2 aromatic rings. The van der Waals surface area contributed by atoms with Crippen molar-refractivity contribution < 1.29 is 9.53 Å². The predicted molar refractivity (Wildman–Crippen MR) is 144 cm³/mol. The van der Waals surface area contributed by atoms with Crippen LogP contribution in [0.1, 0.15) is 126 Å². The first-order valence-electron chi connectivity index (χ1n) is 14.3. The molecule has 3 rings (SSSR count). The van der Waals surface area contributed by atoms with Crippen LogP contribution in [0.5, 0.6) is 0 Å². The number of ether oxygens (including phenoxy) is 1. The Labute approximate surface area is 213 Å². The van der Waals surface area contributed by atoms with Gasteiger partial charge in [0.2, 0.25) is 0 Å². The Morgan fingerprint density at radius 2 is 1.51 bits per heavy atom. The zero-order valence-corrected chi connectivity index (χ0v) is 22.0. The Morgan fingerprint density at radius 1 is 0.829 bits per heavy atom. The number of benzene rings is 1. The lowest BCUT2D eigenvalue weighted by molar-refractivity contribution is 0.0497. The molecule has 1 fully saturated rings. The minimum atomic E-state index is -0.238. The average Bonchev–Trinajstić information content (AvgIpc) is 3.42. The molecule has 1 aromatic heterocycles. The van der Waals surface area contributed by atoms with Crippen molar-refractivity contribution in [1.29, 1.82) is 0 Å². The van der Waals surface area contributed by atoms with Gasteiger partial charge in [-0.05, 0) is 37.3 Å². The first-order chi connectivity index (χ1) is 17.3. The molecule has 1 aromatic carbocycles. The summed E-state index contributed by atoms with van der Waals surface area (Å²) < 4.78 is 5.48. The van der Waals surface area contributed by atoms with E-state index in [1.165, 1.54) is 89.9 Å². The van der Waals surface area contributed by atoms with Crippen LogP contribution in [-0.2, 0) is 11.2 Å². The van der Waals surface area contributed by atoms with Gasteiger partial charge >= 0.3 is 5.97 Å². The third-order valence-corrected chi connectivity index (χ3v) is 7.37. The highest BCUT2D eigenvalue weighted by molar-refractivity contribution is 5.89. The second-order valence-corrected chi connectivity index (χ2v) is 10.3. The Bertz CT molecular complexity index is 826. The van der Waals surface area contributed by atoms with Crippen molar-refractivity contribution in [2.45, 2.75) is 116 Å². The first kappa shape index (κ1) is 27.4. The maximum absolute atomic E-state index is 12.4. The fraction of sp³-hybridized carbons (Fsp3) is 0.645. The maximum atomic E-state index is 12.4. The van der Waals surface area contributed by atoms with Crippen LogP contribution in [0.3, 0.4) is 0 Å². The molecule has 0 bridgehead atoms. The Hall–Kier alpha value is -2.23. The third kappa shape index (κ3) is 10.5. The van der Waals surface area contributed by atoms with E-state index >= 15 is 0 Å². The molecule has 0 atom stereocenters. The van der Waals surface area contributed by atoms with Gasteiger partial charge in [-0.2, -0.15) is 0 Å². The second-order valence-electron chi connectivity index (χ2n) is 10.3. The smallest absolute Gasteiger partial charge is 0.338 e. The van der Waals surface area contributed by atoms with E-state index < -0.39 is 0 Å². The minimum absolute atomic E-state index is 0.238. The van der Waals surface area contributed by atoms with Crippen LogP contribution in [-0.4, -0.2) is 22.5 Å². The Kier molecular flexibility index (Phi) is 12.9. The molecular formula is C31H46N2O2. The highest BCUT2D eigenvalue weighted by Crippen LogP contribution is 2.29. The van der Waals surface area contributed by atoms with Crippen LogP contribution in [0.4, 0.5) is 0 Å². The molecule has 0 unspecified atom stereocenters. The monoisotopic (exact) mass is 478 g/mol. The van der Waals surface area contributed by atoms with Gasteiger partial charge in [0.1, 0.15) is 0 Å². The molecule has 4 heteroatoms. The van der Waals surface area contributed by atoms with Gasteiger partial charge < -0.3 is 4.74 Å². The van der Waals surface area contributed by atoms with E-state index in [1.54, 1.807) is 0 Å². The summed E-state index contributed by atoms with van der Waals surface area (Å²) in [5.41, 5.74) is 3.46. The van der Waals surface area contributed by atoms with Crippen LogP contribution in [0.25, 0.3) is 11.3 Å². The molecule has 0 N–H and O–H groups in total. The van der Waals surface area contributed by atoms with Crippen LogP contribution in [0.2, 0.25) is 0 Å². The lowest BCUT2D eigenvalue weighted by atomic mass is 9.99. The van der Waals surface area contributed by atoms with Crippen LogP contribution in [0.15, 0.2) is 36.7 Å². The summed E-state index contributed by atoms with van der Waals surface area (Å²) in [6.45, 7) is 2.76. The molecular weight excluding hydrogens is 432 g/mol. The van der Waals surface area contributed by atoms with Crippen LogP contribution >= 0.6 is 0 Å². The molecule has 1 aliphatic carbocycles. The Morgan fingerprint density at radius 3 is 2.23 bits per heavy atom. The van der Waals surface area contributed by atoms with Gasteiger partial charge in [0, 0.05) is 11.8 Å². The maximum Gasteiger partial charge on any atom is 0.338 e. The van der Waals surface area contributed by atoms with Crippen LogP contribution < -0.4 is 0 Å². The van der Waals surface area contributed by atoms with E-state index in [2.05, 4.69) is 16.9 Å². The predicted octanol–water partition coefficient (Wildman–Crippen LogP) is 8.73. The van der Waals surface area contributed by atoms with Crippen molar-refractivity contribution in [2.24, 2.45) is 5.92 Å². The average molecular weight is 479 g/mol. The summed E-state index contributed by atoms with van der Waals surface area (Å²) in [6.07, 6.45) is 25.7. The van der Waals surface area contributed by atoms with Crippen molar-refractivity contribution in [3.63, 3.8) is 0 Å². The number of aromatic nitrogens is 2. The van der Waals surface area contributed by atoms with E-state index in [-0.39, 0.29) is 5.97 Å². The summed E-state index contributed by atoms with van der Waals surface area (Å²) in [5.74, 6) is 0.766. The molecule has 0 radical (unpaired) electrons. The number of rotatable bonds is 17. The van der Waals surface area contributed by atoms with Gasteiger partial charge in [-0.25, -0.2) is 4.79 Å². The zero-order chi connectivity index (χ0) is 24.6. The molecule has 0 aliphatic heterocycles. The number of carbonyl (C=O) groups excluding carboxylic acids is 1. The topological polar surface area (TPSA) is 52.1 Å². The molecule has 1 aliphatic rings. The number of hydrogen-bond acceptors (Lipinski definition) is 4. The molecule has 0 spiro atoms. The van der Waals surface area contributed by atoms with Crippen molar-refractivity contribution in [2.75, 3.05) is 6.61 Å². The molecule has 35 heavy (non-hydrogen) atoms. The molecule has 0 saturated heterocycles. The number of esters is 1. The van der Waals surface area contributed by atoms with Crippen molar-refractivity contribution >= 4 is 5.97 Å². The number of nitrogens with zero attached hydrogens (tertiary/aromatic N) is 2. The summed E-state index contributed by atoms with van der Waals surface area (Å²) >= 11 is 0. The fourth-order valence-corrected chi connectivity index (χ4v) is 5.11. The summed E-state index contributed by atoms with van der Waals surface area (Å²) in [6, 6.07) is 7.51. The second kappa shape index (κ2) is 16.4. The van der Waals surface area contributed by atoms with Crippen molar-refractivity contribution in [3.8, 4) is 11.3 Å². The standard InChI is InChI=1S/C31H46N2O2/c1-2-3-4-5-8-11-18-29-24-33-30(25-32-29)27-19-21-28(22-20-27)31(34)35-23-14-9-6-7-10-15-26-16-12-13-17-26/h19-22,24-26H,2-18,23H2,1H3. The lowest BCUT2D eigenvalue weighted by Crippen LogP contribution is -2.06. The fourth-order valence-electron chi connectivity index (χ4n) is 5.11. The van der Waals surface area contributed by atoms with Gasteiger partial charge in [-0.3, -0.25) is 9.97 Å². The number of aryl methyl sites for hydroxylation is 1. The van der Waals surface area contributed by atoms with E-state index in [1.807, 2.05) is 36.7 Å². The molecule has 1 heterocycles. The molecule has 0 amide bonds. The number of unbranched alkanes of at least 4 members (excludes halogenated alkanes) is 9. The van der Waals surface area contributed by atoms with Gasteiger partial charge in [0.15, 0.2) is 0 Å². The molecule has 192 valence electrons. The van der Waals surface area contributed by atoms with Crippen LogP contribution in [0, 0.1) is 5.92 Å². The highest BCUT2D eigenvalue weighted by atomic mass is 16.5. The lowest BCUT2D eigenvalue weighted by Gasteiger charge is -2.08. The van der Waals surface area contributed by atoms with E-state index in [0.717, 1.165) is 42.1 Å². The quantitative estimate of drug-likeness (QED) is 0.168. The molecule has 4 nitrogen and oxygen atoms in total. The summed E-state index contributed by atoms with van der Waals surface area (Å²) in [4.78, 5) is 21.5. The number of hydrogen-bond donors (Lipinski definition) is 0. The zero-order valence-electron chi connectivity index (χ0n) is 22.0. The number of carbonyl (C=O) groups is 1.